The van der Waals surface area contributed by atoms with Gasteiger partial charge in [0.2, 0.25) is 0 Å². The number of ether oxygens (including phenoxy) is 3. The number of benzene rings is 2. The third-order valence-corrected chi connectivity index (χ3v) is 5.43. The van der Waals surface area contributed by atoms with Gasteiger partial charge in [-0.3, -0.25) is 4.79 Å². The zero-order chi connectivity index (χ0) is 24.5. The highest BCUT2D eigenvalue weighted by Gasteiger charge is 2.26. The Bertz CT molecular complexity index is 1120. The Kier molecular flexibility index (Phi) is 8.56. The molecule has 180 valence electrons. The van der Waals surface area contributed by atoms with Gasteiger partial charge in [-0.25, -0.2) is 4.79 Å². The van der Waals surface area contributed by atoms with E-state index in [4.69, 9.17) is 14.2 Å². The number of aromatic amines is 1. The lowest BCUT2D eigenvalue weighted by Gasteiger charge is -2.10. The summed E-state index contributed by atoms with van der Waals surface area (Å²) in [5, 5.41) is 6.21. The van der Waals surface area contributed by atoms with E-state index in [1.165, 1.54) is 0 Å². The lowest BCUT2D eigenvalue weighted by Crippen LogP contribution is -2.24. The summed E-state index contributed by atoms with van der Waals surface area (Å²) in [6, 6.07) is 14.9. The van der Waals surface area contributed by atoms with Gasteiger partial charge in [-0.2, -0.15) is 0 Å². The van der Waals surface area contributed by atoms with Crippen LogP contribution in [-0.4, -0.2) is 37.7 Å². The third kappa shape index (κ3) is 5.70. The molecule has 0 aliphatic carbocycles. The monoisotopic (exact) mass is 465 g/mol. The fraction of sp³-hybridized carbons (Fsp3) is 0.308. The van der Waals surface area contributed by atoms with Gasteiger partial charge >= 0.3 is 5.97 Å². The number of amides is 1. The highest BCUT2D eigenvalue weighted by Crippen LogP contribution is 2.24. The minimum absolute atomic E-state index is 0.244. The first kappa shape index (κ1) is 24.7. The Balaban J connectivity index is 1.85. The van der Waals surface area contributed by atoms with Gasteiger partial charge in [0, 0.05) is 23.5 Å². The smallest absolute Gasteiger partial charge is 0.340 e. The summed E-state index contributed by atoms with van der Waals surface area (Å²) in [4.78, 5) is 29.1. The summed E-state index contributed by atoms with van der Waals surface area (Å²) in [5.41, 5.74) is 3.68. The van der Waals surface area contributed by atoms with E-state index >= 15 is 0 Å². The number of carbonyl (C=O) groups is 2. The second-order valence-electron chi connectivity index (χ2n) is 7.48. The van der Waals surface area contributed by atoms with Gasteiger partial charge in [0.25, 0.3) is 5.91 Å². The first-order chi connectivity index (χ1) is 16.5. The molecule has 0 aliphatic heterocycles. The van der Waals surface area contributed by atoms with Crippen LogP contribution in [0.3, 0.4) is 0 Å². The number of methoxy groups -OCH3 is 2. The SMILES string of the molecule is CCOC(=O)c1c(CNc2ccc(OC)cc2)[nH]c(C(=O)NCc2ccccc2OC)c1CC. The van der Waals surface area contributed by atoms with Gasteiger partial charge in [-0.1, -0.05) is 25.1 Å². The standard InChI is InChI=1S/C26H31N3O5/c1-5-20-23(26(31)34-6-2)21(16-27-18-11-13-19(32-3)14-12-18)29-24(20)25(30)28-15-17-9-7-8-10-22(17)33-4/h7-14,27,29H,5-6,15-16H2,1-4H3,(H,28,30). The molecule has 34 heavy (non-hydrogen) atoms. The molecule has 0 aliphatic rings. The van der Waals surface area contributed by atoms with Crippen molar-refractivity contribution in [2.24, 2.45) is 0 Å². The molecule has 0 unspecified atom stereocenters. The maximum absolute atomic E-state index is 13.1. The van der Waals surface area contributed by atoms with Crippen LogP contribution < -0.4 is 20.1 Å². The number of H-pyrrole nitrogens is 1. The van der Waals surface area contributed by atoms with Crippen LogP contribution >= 0.6 is 0 Å². The van der Waals surface area contributed by atoms with Gasteiger partial charge in [0.15, 0.2) is 0 Å². The molecule has 3 aromatic rings. The van der Waals surface area contributed by atoms with E-state index in [9.17, 15) is 9.59 Å². The van der Waals surface area contributed by atoms with Crippen molar-refractivity contribution in [3.8, 4) is 11.5 Å². The van der Waals surface area contributed by atoms with E-state index < -0.39 is 5.97 Å². The van der Waals surface area contributed by atoms with E-state index in [1.807, 2.05) is 55.5 Å². The quantitative estimate of drug-likeness (QED) is 0.365. The fourth-order valence-electron chi connectivity index (χ4n) is 3.74. The Morgan fingerprint density at radius 3 is 2.32 bits per heavy atom. The van der Waals surface area contributed by atoms with Gasteiger partial charge in [0.1, 0.15) is 17.2 Å². The molecule has 3 rings (SSSR count). The molecule has 8 nitrogen and oxygen atoms in total. The molecule has 1 aromatic heterocycles. The molecule has 0 spiro atoms. The molecule has 0 atom stereocenters. The fourth-order valence-corrected chi connectivity index (χ4v) is 3.74. The van der Waals surface area contributed by atoms with Gasteiger partial charge < -0.3 is 29.8 Å². The van der Waals surface area contributed by atoms with E-state index in [-0.39, 0.29) is 12.5 Å². The molecule has 0 saturated heterocycles. The number of carbonyl (C=O) groups excluding carboxylic acids is 2. The number of rotatable bonds is 11. The first-order valence-electron chi connectivity index (χ1n) is 11.2. The van der Waals surface area contributed by atoms with Crippen molar-refractivity contribution in [2.75, 3.05) is 26.1 Å². The Hall–Kier alpha value is -3.94. The normalized spacial score (nSPS) is 10.5. The van der Waals surface area contributed by atoms with E-state index in [0.29, 0.717) is 47.8 Å². The van der Waals surface area contributed by atoms with Crippen LogP contribution in [0.2, 0.25) is 0 Å². The summed E-state index contributed by atoms with van der Waals surface area (Å²) in [5.74, 6) is 0.691. The average Bonchev–Trinajstić information content (AvgIpc) is 3.25. The summed E-state index contributed by atoms with van der Waals surface area (Å²) >= 11 is 0. The van der Waals surface area contributed by atoms with Crippen molar-refractivity contribution in [1.82, 2.24) is 10.3 Å². The Morgan fingerprint density at radius 1 is 0.941 bits per heavy atom. The minimum atomic E-state index is -0.453. The highest BCUT2D eigenvalue weighted by atomic mass is 16.5. The van der Waals surface area contributed by atoms with Crippen molar-refractivity contribution < 1.29 is 23.8 Å². The summed E-state index contributed by atoms with van der Waals surface area (Å²) in [7, 11) is 3.20. The molecule has 0 fully saturated rings. The minimum Gasteiger partial charge on any atom is -0.497 e. The number of anilines is 1. The van der Waals surface area contributed by atoms with Crippen molar-refractivity contribution in [1.29, 1.82) is 0 Å². The zero-order valence-electron chi connectivity index (χ0n) is 20.0. The number of aromatic nitrogens is 1. The second kappa shape index (κ2) is 11.8. The van der Waals surface area contributed by atoms with Crippen LogP contribution in [0.25, 0.3) is 0 Å². The largest absolute Gasteiger partial charge is 0.497 e. The van der Waals surface area contributed by atoms with Gasteiger partial charge in [-0.15, -0.1) is 0 Å². The summed E-state index contributed by atoms with van der Waals surface area (Å²) in [6.45, 7) is 4.51. The van der Waals surface area contributed by atoms with E-state index in [2.05, 4.69) is 15.6 Å². The van der Waals surface area contributed by atoms with Crippen molar-refractivity contribution in [3.63, 3.8) is 0 Å². The van der Waals surface area contributed by atoms with E-state index in [1.54, 1.807) is 21.1 Å². The maximum Gasteiger partial charge on any atom is 0.340 e. The van der Waals surface area contributed by atoms with Gasteiger partial charge in [0.05, 0.1) is 32.9 Å². The maximum atomic E-state index is 13.1. The van der Waals surface area contributed by atoms with Crippen molar-refractivity contribution in [3.05, 3.63) is 76.6 Å². The van der Waals surface area contributed by atoms with Crippen molar-refractivity contribution >= 4 is 17.6 Å². The van der Waals surface area contributed by atoms with Crippen LogP contribution in [0.15, 0.2) is 48.5 Å². The van der Waals surface area contributed by atoms with Crippen LogP contribution in [0.4, 0.5) is 5.69 Å². The molecule has 8 heteroatoms. The number of para-hydroxylation sites is 1. The topological polar surface area (TPSA) is 102 Å². The molecular formula is C26H31N3O5. The van der Waals surface area contributed by atoms with Crippen LogP contribution in [0, 0.1) is 0 Å². The van der Waals surface area contributed by atoms with Gasteiger partial charge in [-0.05, 0) is 49.2 Å². The average molecular weight is 466 g/mol. The lowest BCUT2D eigenvalue weighted by atomic mass is 10.1. The summed E-state index contributed by atoms with van der Waals surface area (Å²) < 4.78 is 15.8. The summed E-state index contributed by atoms with van der Waals surface area (Å²) in [6.07, 6.45) is 0.491. The Labute approximate surface area is 199 Å². The third-order valence-electron chi connectivity index (χ3n) is 5.43. The predicted molar refractivity (Wildman–Crippen MR) is 131 cm³/mol. The number of hydrogen-bond acceptors (Lipinski definition) is 6. The Morgan fingerprint density at radius 2 is 1.68 bits per heavy atom. The predicted octanol–water partition coefficient (Wildman–Crippen LogP) is 4.31. The molecule has 1 amide bonds. The number of esters is 1. The van der Waals surface area contributed by atoms with Crippen molar-refractivity contribution in [2.45, 2.75) is 33.4 Å². The molecule has 0 radical (unpaired) electrons. The van der Waals surface area contributed by atoms with Crippen LogP contribution in [0.5, 0.6) is 11.5 Å². The number of nitrogens with one attached hydrogen (secondary N) is 3. The second-order valence-corrected chi connectivity index (χ2v) is 7.48. The molecule has 0 bridgehead atoms. The van der Waals surface area contributed by atoms with Crippen LogP contribution in [-0.2, 0) is 24.2 Å². The zero-order valence-corrected chi connectivity index (χ0v) is 20.0. The van der Waals surface area contributed by atoms with E-state index in [0.717, 1.165) is 17.0 Å². The number of hydrogen-bond donors (Lipinski definition) is 3. The lowest BCUT2D eigenvalue weighted by molar-refractivity contribution is 0.0524. The first-order valence-corrected chi connectivity index (χ1v) is 11.2. The van der Waals surface area contributed by atoms with Crippen LogP contribution in [0.1, 0.15) is 51.5 Å². The molecule has 3 N–H and O–H groups in total. The molecule has 0 saturated carbocycles. The molecule has 2 aromatic carbocycles. The molecule has 1 heterocycles. The molecular weight excluding hydrogens is 434 g/mol. The highest BCUT2D eigenvalue weighted by molar-refractivity contribution is 6.00.